The highest BCUT2D eigenvalue weighted by molar-refractivity contribution is 7.92. The first-order valence-electron chi connectivity index (χ1n) is 14.1. The number of methoxy groups -OCH3 is 2. The zero-order chi connectivity index (χ0) is 32.8. The number of nitrogens with zero attached hydrogens (tertiary/aromatic N) is 2. The fourth-order valence-corrected chi connectivity index (χ4v) is 6.34. The van der Waals surface area contributed by atoms with Crippen LogP contribution in [0.2, 0.25) is 10.0 Å². The Morgan fingerprint density at radius 3 is 2.09 bits per heavy atom. The van der Waals surface area contributed by atoms with Gasteiger partial charge in [0.25, 0.3) is 10.0 Å². The van der Waals surface area contributed by atoms with Crippen LogP contribution in [0.25, 0.3) is 0 Å². The summed E-state index contributed by atoms with van der Waals surface area (Å²) >= 11 is 12.4. The van der Waals surface area contributed by atoms with Crippen molar-refractivity contribution in [3.63, 3.8) is 0 Å². The van der Waals surface area contributed by atoms with Gasteiger partial charge in [0.05, 0.1) is 34.8 Å². The Morgan fingerprint density at radius 2 is 1.52 bits per heavy atom. The molecule has 0 spiro atoms. The Labute approximate surface area is 270 Å². The lowest BCUT2D eigenvalue weighted by atomic mass is 10.1. The molecule has 9 nitrogen and oxygen atoms in total. The van der Waals surface area contributed by atoms with Gasteiger partial charge in [-0.15, -0.1) is 0 Å². The van der Waals surface area contributed by atoms with E-state index in [-0.39, 0.29) is 29.1 Å². The van der Waals surface area contributed by atoms with E-state index in [2.05, 4.69) is 5.32 Å². The van der Waals surface area contributed by atoms with Crippen molar-refractivity contribution in [2.24, 2.45) is 0 Å². The molecule has 2 amide bonds. The highest BCUT2D eigenvalue weighted by Gasteiger charge is 2.33. The van der Waals surface area contributed by atoms with E-state index in [0.29, 0.717) is 33.5 Å². The van der Waals surface area contributed by atoms with E-state index in [9.17, 15) is 18.0 Å². The number of anilines is 1. The minimum absolute atomic E-state index is 0.0120. The quantitative estimate of drug-likeness (QED) is 0.235. The van der Waals surface area contributed by atoms with Gasteiger partial charge in [-0.3, -0.25) is 13.9 Å². The van der Waals surface area contributed by atoms with Gasteiger partial charge in [0.1, 0.15) is 12.6 Å². The van der Waals surface area contributed by atoms with Gasteiger partial charge in [-0.2, -0.15) is 0 Å². The summed E-state index contributed by atoms with van der Waals surface area (Å²) in [6, 6.07) is 13.4. The van der Waals surface area contributed by atoms with Crippen molar-refractivity contribution in [1.82, 2.24) is 10.2 Å². The van der Waals surface area contributed by atoms with Gasteiger partial charge >= 0.3 is 0 Å². The Bertz CT molecular complexity index is 1600. The first-order chi connectivity index (χ1) is 20.7. The van der Waals surface area contributed by atoms with Crippen LogP contribution in [0, 0.1) is 13.8 Å². The minimum Gasteiger partial charge on any atom is -0.493 e. The molecule has 0 aliphatic heterocycles. The van der Waals surface area contributed by atoms with E-state index in [1.807, 2.05) is 33.8 Å². The molecule has 0 bridgehead atoms. The summed E-state index contributed by atoms with van der Waals surface area (Å²) in [5.41, 5.74) is 2.55. The van der Waals surface area contributed by atoms with Crippen LogP contribution >= 0.6 is 23.2 Å². The summed E-state index contributed by atoms with van der Waals surface area (Å²) in [5, 5.41) is 3.55. The van der Waals surface area contributed by atoms with Gasteiger partial charge in [0, 0.05) is 18.7 Å². The molecule has 0 unspecified atom stereocenters. The van der Waals surface area contributed by atoms with Gasteiger partial charge < -0.3 is 19.7 Å². The second kappa shape index (κ2) is 15.0. The summed E-state index contributed by atoms with van der Waals surface area (Å²) in [6.07, 6.45) is 0.698. The Hall–Kier alpha value is -3.47. The Kier molecular flexibility index (Phi) is 11.9. The zero-order valence-corrected chi connectivity index (χ0v) is 28.3. The molecule has 0 saturated heterocycles. The smallest absolute Gasteiger partial charge is 0.264 e. The monoisotopic (exact) mass is 663 g/mol. The van der Waals surface area contributed by atoms with E-state index in [0.717, 1.165) is 15.4 Å². The summed E-state index contributed by atoms with van der Waals surface area (Å²) in [5.74, 6) is -0.383. The molecule has 0 fully saturated rings. The van der Waals surface area contributed by atoms with Crippen molar-refractivity contribution in [1.29, 1.82) is 0 Å². The van der Waals surface area contributed by atoms with Crippen molar-refractivity contribution < 1.29 is 27.5 Å². The molecule has 44 heavy (non-hydrogen) atoms. The standard InChI is InChI=1S/C32H39Cl2N3O6S/c1-8-22(4)35-32(39)23(5)36(18-24-9-11-27(33)28(34)16-24)31(38)19-37(25-14-20(2)13-21(3)15-25)44(40,41)26-10-12-29(42-6)30(17-26)43-7/h9-17,22-23H,8,18-19H2,1-7H3,(H,35,39)/t22-,23+/m1/s1. The summed E-state index contributed by atoms with van der Waals surface area (Å²) in [7, 11) is -1.46. The third kappa shape index (κ3) is 8.37. The van der Waals surface area contributed by atoms with Crippen molar-refractivity contribution in [3.8, 4) is 11.5 Å². The van der Waals surface area contributed by atoms with Crippen LogP contribution < -0.4 is 19.1 Å². The second-order valence-electron chi connectivity index (χ2n) is 10.6. The van der Waals surface area contributed by atoms with Gasteiger partial charge in [-0.1, -0.05) is 42.3 Å². The maximum Gasteiger partial charge on any atom is 0.264 e. The molecule has 0 aliphatic rings. The van der Waals surface area contributed by atoms with Crippen LogP contribution in [0.15, 0.2) is 59.5 Å². The molecule has 1 N–H and O–H groups in total. The summed E-state index contributed by atoms with van der Waals surface area (Å²) in [6.45, 7) is 8.51. The number of carbonyl (C=O) groups is 2. The molecule has 0 aromatic heterocycles. The number of amides is 2. The summed E-state index contributed by atoms with van der Waals surface area (Å²) in [4.78, 5) is 28.7. The molecule has 0 aliphatic carbocycles. The van der Waals surface area contributed by atoms with Crippen LogP contribution in [0.4, 0.5) is 5.69 Å². The number of sulfonamides is 1. The number of carbonyl (C=O) groups excluding carboxylic acids is 2. The van der Waals surface area contributed by atoms with Crippen LogP contribution in [-0.4, -0.2) is 58.0 Å². The van der Waals surface area contributed by atoms with Gasteiger partial charge in [0.2, 0.25) is 11.8 Å². The lowest BCUT2D eigenvalue weighted by Crippen LogP contribution is -2.52. The van der Waals surface area contributed by atoms with Crippen molar-refractivity contribution in [2.45, 2.75) is 64.6 Å². The molecular formula is C32H39Cl2N3O6S. The lowest BCUT2D eigenvalue weighted by Gasteiger charge is -2.32. The zero-order valence-electron chi connectivity index (χ0n) is 26.0. The van der Waals surface area contributed by atoms with Crippen molar-refractivity contribution in [3.05, 3.63) is 81.3 Å². The van der Waals surface area contributed by atoms with Gasteiger partial charge in [-0.25, -0.2) is 8.42 Å². The highest BCUT2D eigenvalue weighted by Crippen LogP contribution is 2.33. The van der Waals surface area contributed by atoms with E-state index >= 15 is 0 Å². The molecule has 3 rings (SSSR count). The highest BCUT2D eigenvalue weighted by atomic mass is 35.5. The number of halogens is 2. The molecule has 12 heteroatoms. The predicted octanol–water partition coefficient (Wildman–Crippen LogP) is 6.15. The van der Waals surface area contributed by atoms with E-state index in [4.69, 9.17) is 32.7 Å². The third-order valence-corrected chi connectivity index (χ3v) is 9.73. The number of rotatable bonds is 13. The van der Waals surface area contributed by atoms with Crippen LogP contribution in [0.3, 0.4) is 0 Å². The first kappa shape index (κ1) is 35.0. The van der Waals surface area contributed by atoms with Gasteiger partial charge in [0.15, 0.2) is 11.5 Å². The number of ether oxygens (including phenoxy) is 2. The maximum absolute atomic E-state index is 14.3. The molecule has 0 radical (unpaired) electrons. The Morgan fingerprint density at radius 1 is 0.886 bits per heavy atom. The van der Waals surface area contributed by atoms with E-state index in [1.165, 1.54) is 37.3 Å². The van der Waals surface area contributed by atoms with Crippen LogP contribution in [-0.2, 0) is 26.2 Å². The van der Waals surface area contributed by atoms with Crippen molar-refractivity contribution in [2.75, 3.05) is 25.1 Å². The average Bonchev–Trinajstić information content (AvgIpc) is 2.98. The SMILES string of the molecule is CC[C@@H](C)NC(=O)[C@H](C)N(Cc1ccc(Cl)c(Cl)c1)C(=O)CN(c1cc(C)cc(C)c1)S(=O)(=O)c1ccc(OC)c(OC)c1. The molecule has 0 heterocycles. The number of hydrogen-bond donors (Lipinski definition) is 1. The largest absolute Gasteiger partial charge is 0.493 e. The predicted molar refractivity (Wildman–Crippen MR) is 174 cm³/mol. The average molecular weight is 665 g/mol. The Balaban J connectivity index is 2.12. The van der Waals surface area contributed by atoms with E-state index in [1.54, 1.807) is 37.3 Å². The fourth-order valence-electron chi connectivity index (χ4n) is 4.61. The normalized spacial score (nSPS) is 12.7. The topological polar surface area (TPSA) is 105 Å². The van der Waals surface area contributed by atoms with Crippen LogP contribution in [0.5, 0.6) is 11.5 Å². The third-order valence-electron chi connectivity index (χ3n) is 7.22. The molecule has 0 saturated carbocycles. The number of nitrogens with one attached hydrogen (secondary N) is 1. The number of benzene rings is 3. The van der Waals surface area contributed by atoms with E-state index < -0.39 is 28.5 Å². The first-order valence-corrected chi connectivity index (χ1v) is 16.3. The molecular weight excluding hydrogens is 625 g/mol. The fraction of sp³-hybridized carbons (Fsp3) is 0.375. The number of aryl methyl sites for hydroxylation is 2. The summed E-state index contributed by atoms with van der Waals surface area (Å²) < 4.78 is 40.2. The van der Waals surface area contributed by atoms with Crippen LogP contribution in [0.1, 0.15) is 43.9 Å². The minimum atomic E-state index is -4.32. The molecule has 238 valence electrons. The molecule has 3 aromatic carbocycles. The lowest BCUT2D eigenvalue weighted by molar-refractivity contribution is -0.139. The molecule has 2 atom stereocenters. The van der Waals surface area contributed by atoms with Gasteiger partial charge in [-0.05, 0) is 87.2 Å². The van der Waals surface area contributed by atoms with Crippen molar-refractivity contribution >= 4 is 50.7 Å². The second-order valence-corrected chi connectivity index (χ2v) is 13.3. The maximum atomic E-state index is 14.3. The number of hydrogen-bond acceptors (Lipinski definition) is 6. The molecule has 3 aromatic rings.